The number of aryl methyl sites for hydroxylation is 2. The Morgan fingerprint density at radius 1 is 0.480 bits per heavy atom. The van der Waals surface area contributed by atoms with Crippen molar-refractivity contribution in [2.75, 3.05) is 13.2 Å². The van der Waals surface area contributed by atoms with Gasteiger partial charge in [0.2, 0.25) is 5.79 Å². The average molecular weight is 1530 g/mol. The number of nitrogens with zero attached hydrogens (tertiary/aromatic N) is 2. The van der Waals surface area contributed by atoms with Gasteiger partial charge in [-0.05, 0) is 230 Å². The van der Waals surface area contributed by atoms with Crippen LogP contribution in [0.25, 0.3) is 66.0 Å². The zero-order valence-electron chi connectivity index (χ0n) is 64.5. The number of phenolic OH excluding ortho intramolecular Hbond substituents is 1. The van der Waals surface area contributed by atoms with Crippen LogP contribution in [0, 0.1) is 44.9 Å². The van der Waals surface area contributed by atoms with Gasteiger partial charge in [0.1, 0.15) is 17.5 Å². The van der Waals surface area contributed by atoms with E-state index in [9.17, 15) is 10.2 Å². The van der Waals surface area contributed by atoms with Crippen LogP contribution in [-0.4, -0.2) is 38.3 Å². The standard InChI is InChI=1S/C87H110Cl2N2O4.2CH3.Hf/c1-53-38-55(41-62(88)39-53)70-47-61(86(23,24)52-80(6,7)8)49-76(91-73-34-30-58(83(15,16)17)44-66(73)67-45-59(84(18,19)20)31-35-74(67)91)87(70,93)95-37-27-25-26-36-94-78-54(2)40-63(89)50-69(78)68-46-60(85(21,22)51-79(3,4)5)48-75(77(68)92)90-71-32-28-56(81(9,10)11)42-64(71)65-43-57(82(12,13)14)29-33-72(65)90;;;/h28-35,38-50,76,92-93H,25-27,36-37,51-52H2,1-24H3;2*1H3;/q;2*-1;. The second-order valence-corrected chi connectivity index (χ2v) is 36.8. The van der Waals surface area contributed by atoms with Crippen LogP contribution in [0.4, 0.5) is 0 Å². The summed E-state index contributed by atoms with van der Waals surface area (Å²) in [5.41, 5.74) is 16.1. The van der Waals surface area contributed by atoms with Crippen LogP contribution in [0.5, 0.6) is 11.5 Å². The molecule has 1 aliphatic carbocycles. The second kappa shape index (κ2) is 28.4. The first-order chi connectivity index (χ1) is 43.8. The maximum atomic E-state index is 14.2. The summed E-state index contributed by atoms with van der Waals surface area (Å²) < 4.78 is 18.9. The van der Waals surface area contributed by atoms with Gasteiger partial charge in [0.25, 0.3) is 0 Å². The van der Waals surface area contributed by atoms with E-state index in [2.05, 4.69) is 272 Å². The van der Waals surface area contributed by atoms with Gasteiger partial charge in [0.15, 0.2) is 0 Å². The average Bonchev–Trinajstić information content (AvgIpc) is 1.49. The summed E-state index contributed by atoms with van der Waals surface area (Å²) in [5, 5.41) is 33.2. The molecule has 2 unspecified atom stereocenters. The van der Waals surface area contributed by atoms with Gasteiger partial charge in [-0.25, -0.2) is 0 Å². The van der Waals surface area contributed by atoms with Crippen LogP contribution in [0.15, 0.2) is 133 Å². The molecule has 0 bridgehead atoms. The fraction of sp³-hybridized carbons (Fsp3) is 0.461. The van der Waals surface area contributed by atoms with E-state index in [1.54, 1.807) is 0 Å². The van der Waals surface area contributed by atoms with Crippen molar-refractivity contribution in [3.63, 3.8) is 0 Å². The summed E-state index contributed by atoms with van der Waals surface area (Å²) in [4.78, 5) is 0. The summed E-state index contributed by atoms with van der Waals surface area (Å²) in [6.07, 6.45) is 8.43. The molecule has 7 aromatic carbocycles. The second-order valence-electron chi connectivity index (χ2n) is 36.0. The van der Waals surface area contributed by atoms with E-state index in [1.165, 1.54) is 22.3 Å². The third-order valence-corrected chi connectivity index (χ3v) is 20.2. The van der Waals surface area contributed by atoms with E-state index in [4.69, 9.17) is 32.7 Å². The maximum Gasteiger partial charge on any atom is 0.218 e. The van der Waals surface area contributed by atoms with Gasteiger partial charge in [-0.3, -0.25) is 0 Å². The summed E-state index contributed by atoms with van der Waals surface area (Å²) >= 11 is 14.1. The molecule has 0 amide bonds. The Hall–Kier alpha value is -5.41. The van der Waals surface area contributed by atoms with Crippen LogP contribution >= 0.6 is 23.2 Å². The maximum absolute atomic E-state index is 14.2. The molecule has 9 aromatic rings. The van der Waals surface area contributed by atoms with Crippen molar-refractivity contribution in [2.24, 2.45) is 16.2 Å². The molecule has 2 atom stereocenters. The van der Waals surface area contributed by atoms with Crippen molar-refractivity contribution >= 4 is 72.4 Å². The van der Waals surface area contributed by atoms with Crippen molar-refractivity contribution in [3.8, 4) is 28.3 Å². The molecule has 9 heteroatoms. The molecule has 0 aliphatic heterocycles. The van der Waals surface area contributed by atoms with E-state index < -0.39 is 11.8 Å². The SMILES string of the molecule is Cc1cc(Cl)cc(C2=CC(C(C)(C)CC(C)(C)C)=CC(n3c4ccc(C(C)(C)C)cc4c4cc(C(C)(C)C)ccc43)C2(O)OCCCCCOc2c(C)cc(Cl)cc2-c2cc(C(C)(C)CC(C)(C)C)cc(-n3c4ccc(C(C)(C)C)cc4c4cc(C(C)(C)C)ccc43)c2O)c1.[CH3-].[CH3-].[Hf]. The fourth-order valence-corrected chi connectivity index (χ4v) is 16.0. The molecule has 0 spiro atoms. The summed E-state index contributed by atoms with van der Waals surface area (Å²) in [5.74, 6) is -0.995. The minimum atomic E-state index is -1.84. The van der Waals surface area contributed by atoms with Gasteiger partial charge >= 0.3 is 0 Å². The molecule has 0 fully saturated rings. The van der Waals surface area contributed by atoms with E-state index in [-0.39, 0.29) is 96.4 Å². The number of aromatic nitrogens is 2. The third-order valence-electron chi connectivity index (χ3n) is 19.8. The van der Waals surface area contributed by atoms with Crippen LogP contribution in [0.1, 0.15) is 235 Å². The molecule has 2 aromatic heterocycles. The zero-order valence-corrected chi connectivity index (χ0v) is 69.6. The van der Waals surface area contributed by atoms with Crippen LogP contribution in [-0.2, 0) is 57.7 Å². The molecular formula is C89H116Cl2HfN2O4-2. The van der Waals surface area contributed by atoms with Crippen molar-refractivity contribution in [1.29, 1.82) is 0 Å². The van der Waals surface area contributed by atoms with Crippen molar-refractivity contribution < 1.29 is 45.5 Å². The van der Waals surface area contributed by atoms with Gasteiger partial charge in [0.05, 0.1) is 29.9 Å². The largest absolute Gasteiger partial charge is 0.505 e. The monoisotopic (exact) mass is 1530 g/mol. The number of hydrogen-bond acceptors (Lipinski definition) is 4. The Kier molecular flexibility index (Phi) is 23.2. The summed E-state index contributed by atoms with van der Waals surface area (Å²) in [6.45, 7) is 55.1. The number of phenols is 1. The number of rotatable bonds is 16. The minimum Gasteiger partial charge on any atom is -0.505 e. The van der Waals surface area contributed by atoms with Crippen LogP contribution < -0.4 is 4.74 Å². The zero-order chi connectivity index (χ0) is 69.9. The van der Waals surface area contributed by atoms with Gasteiger partial charge in [-0.1, -0.05) is 212 Å². The first-order valence-corrected chi connectivity index (χ1v) is 35.6. The smallest absolute Gasteiger partial charge is 0.218 e. The number of aliphatic hydroxyl groups is 1. The molecule has 0 saturated heterocycles. The predicted octanol–water partition coefficient (Wildman–Crippen LogP) is 26.0. The summed E-state index contributed by atoms with van der Waals surface area (Å²) in [7, 11) is 0. The van der Waals surface area contributed by atoms with E-state index in [0.717, 1.165) is 96.3 Å². The van der Waals surface area contributed by atoms with E-state index >= 15 is 0 Å². The molecule has 2 heterocycles. The number of fused-ring (bicyclic) bond motifs is 6. The number of benzene rings is 7. The molecule has 2 N–H and O–H groups in total. The molecule has 1 aliphatic rings. The van der Waals surface area contributed by atoms with Crippen molar-refractivity contribution in [1.82, 2.24) is 9.13 Å². The van der Waals surface area contributed by atoms with Crippen LogP contribution in [0.3, 0.4) is 0 Å². The van der Waals surface area contributed by atoms with Crippen LogP contribution in [0.2, 0.25) is 10.0 Å². The van der Waals surface area contributed by atoms with Gasteiger partial charge in [-0.2, -0.15) is 0 Å². The van der Waals surface area contributed by atoms with Crippen molar-refractivity contribution in [3.05, 3.63) is 202 Å². The molecule has 0 radical (unpaired) electrons. The number of aromatic hydroxyl groups is 1. The van der Waals surface area contributed by atoms with Gasteiger partial charge in [-0.15, -0.1) is 0 Å². The Labute approximate surface area is 619 Å². The Morgan fingerprint density at radius 2 is 0.918 bits per heavy atom. The van der Waals surface area contributed by atoms with Gasteiger partial charge in [0, 0.05) is 85.2 Å². The summed E-state index contributed by atoms with van der Waals surface area (Å²) in [6, 6.07) is 41.2. The van der Waals surface area contributed by atoms with E-state index in [1.807, 2.05) is 31.2 Å². The Morgan fingerprint density at radius 3 is 1.38 bits per heavy atom. The predicted molar refractivity (Wildman–Crippen MR) is 421 cm³/mol. The van der Waals surface area contributed by atoms with Gasteiger partial charge < -0.3 is 43.7 Å². The van der Waals surface area contributed by atoms with Crippen molar-refractivity contribution in [2.45, 2.75) is 237 Å². The molecule has 98 heavy (non-hydrogen) atoms. The third kappa shape index (κ3) is 16.6. The first kappa shape index (κ1) is 79.9. The number of unbranched alkanes of at least 4 members (excludes halogenated alkanes) is 2. The molecule has 526 valence electrons. The molecular weight excluding hydrogens is 1410 g/mol. The number of halogens is 2. The number of hydrogen-bond donors (Lipinski definition) is 2. The topological polar surface area (TPSA) is 68.8 Å². The normalized spacial score (nSPS) is 16.1. The Balaban J connectivity index is 0.00000451. The molecule has 10 rings (SSSR count). The molecule has 0 saturated carbocycles. The first-order valence-electron chi connectivity index (χ1n) is 34.8. The Bertz CT molecular complexity index is 4330. The van der Waals surface area contributed by atoms with E-state index in [0.29, 0.717) is 52.1 Å². The minimum absolute atomic E-state index is 0. The quantitative estimate of drug-likeness (QED) is 0.0438. The molecule has 6 nitrogen and oxygen atoms in total. The number of allylic oxidation sites excluding steroid dienone is 2. The fourth-order valence-electron chi connectivity index (χ4n) is 15.4. The number of ether oxygens (including phenoxy) is 2.